The molecule has 0 atom stereocenters. The van der Waals surface area contributed by atoms with Gasteiger partial charge in [-0.1, -0.05) is 20.3 Å². The molecule has 1 saturated carbocycles. The lowest BCUT2D eigenvalue weighted by atomic mass is 9.69. The van der Waals surface area contributed by atoms with E-state index in [4.69, 9.17) is 0 Å². The van der Waals surface area contributed by atoms with Crippen LogP contribution in [0.1, 0.15) is 62.1 Å². The molecule has 0 radical (unpaired) electrons. The van der Waals surface area contributed by atoms with Crippen LogP contribution in [-0.2, 0) is 11.3 Å². The van der Waals surface area contributed by atoms with Crippen molar-refractivity contribution in [1.82, 2.24) is 15.1 Å². The molecule has 0 aromatic carbocycles. The third-order valence-corrected chi connectivity index (χ3v) is 4.27. The number of hydrogen-bond donors (Lipinski definition) is 2. The Morgan fingerprint density at radius 3 is 2.57 bits per heavy atom. The Morgan fingerprint density at radius 2 is 2.14 bits per heavy atom. The SMILES string of the molecule is CCn1nc(C(C)C)cc1C(=O)NCC1(C(=O)O)CCC1. The van der Waals surface area contributed by atoms with E-state index in [1.54, 1.807) is 10.7 Å². The molecule has 2 N–H and O–H groups in total. The summed E-state index contributed by atoms with van der Waals surface area (Å²) in [5, 5.41) is 16.4. The van der Waals surface area contributed by atoms with Crippen LogP contribution in [0.15, 0.2) is 6.07 Å². The number of nitrogens with one attached hydrogen (secondary N) is 1. The number of carboxylic acids is 1. The zero-order valence-electron chi connectivity index (χ0n) is 12.8. The predicted octanol–water partition coefficient (Wildman–Crippen LogP) is 2.01. The van der Waals surface area contributed by atoms with E-state index in [1.165, 1.54) is 0 Å². The highest BCUT2D eigenvalue weighted by Gasteiger charge is 2.44. The minimum absolute atomic E-state index is 0.188. The summed E-state index contributed by atoms with van der Waals surface area (Å²) in [7, 11) is 0. The third kappa shape index (κ3) is 2.94. The number of carboxylic acid groups (broad SMARTS) is 1. The summed E-state index contributed by atoms with van der Waals surface area (Å²) in [6, 6.07) is 1.79. The van der Waals surface area contributed by atoms with Crippen molar-refractivity contribution in [2.75, 3.05) is 6.54 Å². The maximum atomic E-state index is 12.3. The van der Waals surface area contributed by atoms with E-state index in [9.17, 15) is 14.7 Å². The number of carbonyl (C=O) groups excluding carboxylic acids is 1. The van der Waals surface area contributed by atoms with Gasteiger partial charge in [0.2, 0.25) is 0 Å². The molecule has 1 fully saturated rings. The van der Waals surface area contributed by atoms with E-state index in [0.29, 0.717) is 25.1 Å². The summed E-state index contributed by atoms with van der Waals surface area (Å²) < 4.78 is 1.67. The van der Waals surface area contributed by atoms with Gasteiger partial charge in [0.15, 0.2) is 0 Å². The van der Waals surface area contributed by atoms with E-state index in [2.05, 4.69) is 10.4 Å². The maximum Gasteiger partial charge on any atom is 0.311 e. The summed E-state index contributed by atoms with van der Waals surface area (Å²) >= 11 is 0. The van der Waals surface area contributed by atoms with Gasteiger partial charge in [0.1, 0.15) is 5.69 Å². The van der Waals surface area contributed by atoms with E-state index in [-0.39, 0.29) is 18.4 Å². The first-order valence-corrected chi connectivity index (χ1v) is 7.49. The monoisotopic (exact) mass is 293 g/mol. The molecule has 1 aliphatic carbocycles. The van der Waals surface area contributed by atoms with Crippen LogP contribution in [0.3, 0.4) is 0 Å². The number of aryl methyl sites for hydroxylation is 1. The Kier molecular flexibility index (Phi) is 4.34. The van der Waals surface area contributed by atoms with Gasteiger partial charge < -0.3 is 10.4 Å². The van der Waals surface area contributed by atoms with Crippen LogP contribution in [0.2, 0.25) is 0 Å². The van der Waals surface area contributed by atoms with Gasteiger partial charge in [-0.15, -0.1) is 0 Å². The first-order chi connectivity index (χ1) is 9.89. The Balaban J connectivity index is 2.08. The largest absolute Gasteiger partial charge is 0.481 e. The summed E-state index contributed by atoms with van der Waals surface area (Å²) in [6.45, 7) is 6.78. The fraction of sp³-hybridized carbons (Fsp3) is 0.667. The van der Waals surface area contributed by atoms with Gasteiger partial charge in [-0.3, -0.25) is 14.3 Å². The topological polar surface area (TPSA) is 84.2 Å². The maximum absolute atomic E-state index is 12.3. The van der Waals surface area contributed by atoms with Gasteiger partial charge in [0.05, 0.1) is 11.1 Å². The van der Waals surface area contributed by atoms with Crippen LogP contribution in [0.4, 0.5) is 0 Å². The highest BCUT2D eigenvalue weighted by Crippen LogP contribution is 2.40. The fourth-order valence-corrected chi connectivity index (χ4v) is 2.55. The number of amides is 1. The second-order valence-electron chi connectivity index (χ2n) is 6.05. The Labute approximate surface area is 124 Å². The van der Waals surface area contributed by atoms with Gasteiger partial charge in [-0.2, -0.15) is 5.10 Å². The first-order valence-electron chi connectivity index (χ1n) is 7.49. The number of aromatic nitrogens is 2. The number of rotatable bonds is 6. The Hall–Kier alpha value is -1.85. The van der Waals surface area contributed by atoms with Crippen LogP contribution < -0.4 is 5.32 Å². The van der Waals surface area contributed by atoms with Crippen molar-refractivity contribution in [2.45, 2.75) is 52.5 Å². The average molecular weight is 293 g/mol. The van der Waals surface area contributed by atoms with Gasteiger partial charge in [-0.05, 0) is 31.7 Å². The average Bonchev–Trinajstić information content (AvgIpc) is 2.81. The predicted molar refractivity (Wildman–Crippen MR) is 78.2 cm³/mol. The minimum atomic E-state index is -0.819. The first kappa shape index (κ1) is 15.5. The van der Waals surface area contributed by atoms with Gasteiger partial charge in [0.25, 0.3) is 5.91 Å². The van der Waals surface area contributed by atoms with Crippen molar-refractivity contribution < 1.29 is 14.7 Å². The molecule has 1 aromatic rings. The lowest BCUT2D eigenvalue weighted by molar-refractivity contribution is -0.153. The zero-order valence-corrected chi connectivity index (χ0v) is 12.8. The molecule has 1 aliphatic rings. The van der Waals surface area contributed by atoms with Crippen LogP contribution >= 0.6 is 0 Å². The molecule has 1 heterocycles. The highest BCUT2D eigenvalue weighted by molar-refractivity contribution is 5.93. The Bertz CT molecular complexity index is 544. The molecule has 1 aromatic heterocycles. The van der Waals surface area contributed by atoms with E-state index < -0.39 is 11.4 Å². The molecule has 0 aliphatic heterocycles. The molecule has 0 unspecified atom stereocenters. The third-order valence-electron chi connectivity index (χ3n) is 4.27. The summed E-state index contributed by atoms with van der Waals surface area (Å²) in [5.74, 6) is -0.814. The van der Waals surface area contributed by atoms with Crippen LogP contribution in [0.5, 0.6) is 0 Å². The highest BCUT2D eigenvalue weighted by atomic mass is 16.4. The van der Waals surface area contributed by atoms with Gasteiger partial charge in [0, 0.05) is 13.1 Å². The Morgan fingerprint density at radius 1 is 1.48 bits per heavy atom. The van der Waals surface area contributed by atoms with Gasteiger partial charge in [-0.25, -0.2) is 0 Å². The van der Waals surface area contributed by atoms with Crippen molar-refractivity contribution in [3.8, 4) is 0 Å². The van der Waals surface area contributed by atoms with Crippen molar-refractivity contribution in [3.63, 3.8) is 0 Å². The summed E-state index contributed by atoms with van der Waals surface area (Å²) in [6.07, 6.45) is 2.17. The normalized spacial score (nSPS) is 16.6. The van der Waals surface area contributed by atoms with Crippen molar-refractivity contribution in [2.24, 2.45) is 5.41 Å². The molecule has 21 heavy (non-hydrogen) atoms. The quantitative estimate of drug-likeness (QED) is 0.840. The van der Waals surface area contributed by atoms with Crippen molar-refractivity contribution >= 4 is 11.9 Å². The van der Waals surface area contributed by atoms with E-state index >= 15 is 0 Å². The standard InChI is InChI=1S/C15H23N3O3/c1-4-18-12(8-11(17-18)10(2)3)13(19)16-9-15(14(20)21)6-5-7-15/h8,10H,4-7,9H2,1-3H3,(H,16,19)(H,20,21). The zero-order chi connectivity index (χ0) is 15.6. The van der Waals surface area contributed by atoms with Crippen molar-refractivity contribution in [3.05, 3.63) is 17.5 Å². The van der Waals surface area contributed by atoms with Gasteiger partial charge >= 0.3 is 5.97 Å². The van der Waals surface area contributed by atoms with Crippen LogP contribution in [0.25, 0.3) is 0 Å². The molecule has 0 spiro atoms. The molecule has 116 valence electrons. The smallest absolute Gasteiger partial charge is 0.311 e. The molecule has 6 heteroatoms. The number of aliphatic carboxylic acids is 1. The fourth-order valence-electron chi connectivity index (χ4n) is 2.55. The minimum Gasteiger partial charge on any atom is -0.481 e. The number of hydrogen-bond acceptors (Lipinski definition) is 3. The van der Waals surface area contributed by atoms with Crippen LogP contribution in [0, 0.1) is 5.41 Å². The second kappa shape index (κ2) is 5.87. The number of carbonyl (C=O) groups is 2. The van der Waals surface area contributed by atoms with E-state index in [0.717, 1.165) is 12.1 Å². The molecule has 0 saturated heterocycles. The lowest BCUT2D eigenvalue weighted by Gasteiger charge is -2.37. The van der Waals surface area contributed by atoms with Crippen LogP contribution in [-0.4, -0.2) is 33.3 Å². The number of nitrogens with zero attached hydrogens (tertiary/aromatic N) is 2. The molecule has 6 nitrogen and oxygen atoms in total. The molecule has 2 rings (SSSR count). The molecular weight excluding hydrogens is 270 g/mol. The lowest BCUT2D eigenvalue weighted by Crippen LogP contribution is -2.47. The van der Waals surface area contributed by atoms with Crippen molar-refractivity contribution in [1.29, 1.82) is 0 Å². The molecule has 1 amide bonds. The second-order valence-corrected chi connectivity index (χ2v) is 6.05. The van der Waals surface area contributed by atoms with E-state index in [1.807, 2.05) is 20.8 Å². The molecule has 0 bridgehead atoms. The summed E-state index contributed by atoms with van der Waals surface area (Å²) in [5.41, 5.74) is 0.604. The molecular formula is C15H23N3O3. The summed E-state index contributed by atoms with van der Waals surface area (Å²) in [4.78, 5) is 23.6.